The summed E-state index contributed by atoms with van der Waals surface area (Å²) in [5.74, 6) is 0.223. The Bertz CT molecular complexity index is 383. The minimum Gasteiger partial charge on any atom is -0.342 e. The molecule has 2 N–H and O–H groups in total. The van der Waals surface area contributed by atoms with Crippen LogP contribution in [-0.4, -0.2) is 29.9 Å². The molecule has 3 nitrogen and oxygen atoms in total. The van der Waals surface area contributed by atoms with Gasteiger partial charge in [0.25, 0.3) is 0 Å². The number of halogens is 1. The molecule has 1 aromatic rings. The zero-order chi connectivity index (χ0) is 12.3. The molecule has 2 rings (SSSR count). The van der Waals surface area contributed by atoms with Crippen LogP contribution in [0.4, 0.5) is 0 Å². The van der Waals surface area contributed by atoms with Crippen molar-refractivity contribution in [1.29, 1.82) is 0 Å². The van der Waals surface area contributed by atoms with Crippen molar-refractivity contribution in [2.45, 2.75) is 32.2 Å². The van der Waals surface area contributed by atoms with Gasteiger partial charge in [-0.05, 0) is 25.3 Å². The number of nitrogens with zero attached hydrogens (tertiary/aromatic N) is 1. The number of hydrogen-bond donors (Lipinski definition) is 1. The molecule has 0 spiro atoms. The number of carbonyl (C=O) groups is 1. The Morgan fingerprint density at radius 3 is 2.39 bits per heavy atom. The van der Waals surface area contributed by atoms with Crippen molar-refractivity contribution in [2.75, 3.05) is 13.1 Å². The molecule has 0 aliphatic carbocycles. The highest BCUT2D eigenvalue weighted by molar-refractivity contribution is 5.85. The van der Waals surface area contributed by atoms with Crippen LogP contribution in [0.3, 0.4) is 0 Å². The Hall–Kier alpha value is -1.06. The fourth-order valence-electron chi connectivity index (χ4n) is 2.14. The second-order valence-corrected chi connectivity index (χ2v) is 4.88. The molecule has 18 heavy (non-hydrogen) atoms. The first kappa shape index (κ1) is 15.0. The average molecular weight is 269 g/mol. The van der Waals surface area contributed by atoms with Crippen molar-refractivity contribution in [3.05, 3.63) is 35.4 Å². The molecule has 0 unspecified atom stereocenters. The molecule has 1 aromatic carbocycles. The van der Waals surface area contributed by atoms with E-state index in [2.05, 4.69) is 19.1 Å². The van der Waals surface area contributed by atoms with Gasteiger partial charge in [-0.2, -0.15) is 0 Å². The molecule has 100 valence electrons. The van der Waals surface area contributed by atoms with Gasteiger partial charge >= 0.3 is 0 Å². The number of piperidine rings is 1. The summed E-state index contributed by atoms with van der Waals surface area (Å²) < 4.78 is 0. The van der Waals surface area contributed by atoms with Gasteiger partial charge in [0.15, 0.2) is 0 Å². The maximum Gasteiger partial charge on any atom is 0.226 e. The van der Waals surface area contributed by atoms with E-state index in [0.717, 1.165) is 31.5 Å². The van der Waals surface area contributed by atoms with Crippen LogP contribution in [-0.2, 0) is 11.2 Å². The van der Waals surface area contributed by atoms with E-state index in [1.165, 1.54) is 5.56 Å². The monoisotopic (exact) mass is 268 g/mol. The maximum absolute atomic E-state index is 12.0. The second-order valence-electron chi connectivity index (χ2n) is 4.88. The smallest absolute Gasteiger partial charge is 0.226 e. The van der Waals surface area contributed by atoms with E-state index < -0.39 is 0 Å². The standard InChI is InChI=1S/C14H20N2O.ClH/c1-11-2-4-12(5-3-11)10-14(17)16-8-6-13(15)7-9-16;/h2-5,13H,6-10,15H2,1H3;1H. The van der Waals surface area contributed by atoms with Crippen LogP contribution >= 0.6 is 12.4 Å². The molecule has 0 atom stereocenters. The molecule has 1 amide bonds. The Kier molecular flexibility index (Phi) is 5.63. The highest BCUT2D eigenvalue weighted by atomic mass is 35.5. The quantitative estimate of drug-likeness (QED) is 0.891. The van der Waals surface area contributed by atoms with Crippen LogP contribution in [0.1, 0.15) is 24.0 Å². The minimum atomic E-state index is 0. The molecule has 0 radical (unpaired) electrons. The second kappa shape index (κ2) is 6.76. The Morgan fingerprint density at radius 2 is 1.83 bits per heavy atom. The van der Waals surface area contributed by atoms with Crippen LogP contribution < -0.4 is 5.73 Å². The van der Waals surface area contributed by atoms with Gasteiger partial charge in [0.05, 0.1) is 6.42 Å². The third-order valence-electron chi connectivity index (χ3n) is 3.37. The topological polar surface area (TPSA) is 46.3 Å². The fraction of sp³-hybridized carbons (Fsp3) is 0.500. The summed E-state index contributed by atoms with van der Waals surface area (Å²) in [7, 11) is 0. The Balaban J connectivity index is 0.00000162. The Morgan fingerprint density at radius 1 is 1.28 bits per heavy atom. The van der Waals surface area contributed by atoms with E-state index in [0.29, 0.717) is 6.42 Å². The Labute approximate surface area is 115 Å². The molecule has 1 saturated heterocycles. The van der Waals surface area contributed by atoms with Crippen molar-refractivity contribution in [3.8, 4) is 0 Å². The fourth-order valence-corrected chi connectivity index (χ4v) is 2.14. The lowest BCUT2D eigenvalue weighted by atomic mass is 10.0. The zero-order valence-corrected chi connectivity index (χ0v) is 11.6. The molecule has 0 bridgehead atoms. The van der Waals surface area contributed by atoms with E-state index in [1.54, 1.807) is 0 Å². The van der Waals surface area contributed by atoms with Crippen LogP contribution in [0.25, 0.3) is 0 Å². The molecular weight excluding hydrogens is 248 g/mol. The van der Waals surface area contributed by atoms with E-state index in [9.17, 15) is 4.79 Å². The highest BCUT2D eigenvalue weighted by Crippen LogP contribution is 2.11. The molecule has 4 heteroatoms. The number of likely N-dealkylation sites (tertiary alicyclic amines) is 1. The third-order valence-corrected chi connectivity index (χ3v) is 3.37. The van der Waals surface area contributed by atoms with Gasteiger partial charge in [0.1, 0.15) is 0 Å². The van der Waals surface area contributed by atoms with Crippen LogP contribution in [0.15, 0.2) is 24.3 Å². The molecule has 1 aliphatic rings. The van der Waals surface area contributed by atoms with Crippen molar-refractivity contribution < 1.29 is 4.79 Å². The molecule has 0 aromatic heterocycles. The maximum atomic E-state index is 12.0. The molecular formula is C14H21ClN2O. The van der Waals surface area contributed by atoms with E-state index in [4.69, 9.17) is 5.73 Å². The number of nitrogens with two attached hydrogens (primary N) is 1. The van der Waals surface area contributed by atoms with Crippen molar-refractivity contribution in [1.82, 2.24) is 4.90 Å². The molecule has 0 saturated carbocycles. The summed E-state index contributed by atoms with van der Waals surface area (Å²) in [4.78, 5) is 14.0. The lowest BCUT2D eigenvalue weighted by Crippen LogP contribution is -2.43. The summed E-state index contributed by atoms with van der Waals surface area (Å²) in [6.07, 6.45) is 2.37. The summed E-state index contributed by atoms with van der Waals surface area (Å²) in [6, 6.07) is 8.44. The molecule has 1 aliphatic heterocycles. The minimum absolute atomic E-state index is 0. The van der Waals surface area contributed by atoms with Gasteiger partial charge in [-0.1, -0.05) is 29.8 Å². The highest BCUT2D eigenvalue weighted by Gasteiger charge is 2.20. The van der Waals surface area contributed by atoms with Crippen LogP contribution in [0.2, 0.25) is 0 Å². The number of carbonyl (C=O) groups excluding carboxylic acids is 1. The first-order valence-corrected chi connectivity index (χ1v) is 6.24. The lowest BCUT2D eigenvalue weighted by molar-refractivity contribution is -0.131. The first-order valence-electron chi connectivity index (χ1n) is 6.24. The van der Waals surface area contributed by atoms with E-state index >= 15 is 0 Å². The van der Waals surface area contributed by atoms with Gasteiger partial charge in [-0.25, -0.2) is 0 Å². The molecule has 1 heterocycles. The molecule has 1 fully saturated rings. The van der Waals surface area contributed by atoms with Gasteiger partial charge in [0, 0.05) is 19.1 Å². The largest absolute Gasteiger partial charge is 0.342 e. The van der Waals surface area contributed by atoms with Crippen LogP contribution in [0, 0.1) is 6.92 Å². The number of rotatable bonds is 2. The predicted molar refractivity (Wildman–Crippen MR) is 75.9 cm³/mol. The van der Waals surface area contributed by atoms with Crippen molar-refractivity contribution >= 4 is 18.3 Å². The van der Waals surface area contributed by atoms with Gasteiger partial charge in [0.2, 0.25) is 5.91 Å². The number of benzene rings is 1. The van der Waals surface area contributed by atoms with Gasteiger partial charge in [-0.15, -0.1) is 12.4 Å². The van der Waals surface area contributed by atoms with E-state index in [-0.39, 0.29) is 24.4 Å². The summed E-state index contributed by atoms with van der Waals surface area (Å²) in [5.41, 5.74) is 8.15. The van der Waals surface area contributed by atoms with Gasteiger partial charge in [-0.3, -0.25) is 4.79 Å². The average Bonchev–Trinajstić information content (AvgIpc) is 2.33. The first-order chi connectivity index (χ1) is 8.15. The number of aryl methyl sites for hydroxylation is 1. The number of hydrogen-bond acceptors (Lipinski definition) is 2. The predicted octanol–water partition coefficient (Wildman–Crippen LogP) is 1.91. The SMILES string of the molecule is Cc1ccc(CC(=O)N2CCC(N)CC2)cc1.Cl. The summed E-state index contributed by atoms with van der Waals surface area (Å²) in [6.45, 7) is 3.68. The summed E-state index contributed by atoms with van der Waals surface area (Å²) in [5, 5.41) is 0. The third kappa shape index (κ3) is 4.00. The number of amides is 1. The zero-order valence-electron chi connectivity index (χ0n) is 10.8. The van der Waals surface area contributed by atoms with Crippen LogP contribution in [0.5, 0.6) is 0 Å². The van der Waals surface area contributed by atoms with Gasteiger partial charge < -0.3 is 10.6 Å². The van der Waals surface area contributed by atoms with Crippen molar-refractivity contribution in [2.24, 2.45) is 5.73 Å². The lowest BCUT2D eigenvalue weighted by Gasteiger charge is -2.30. The van der Waals surface area contributed by atoms with E-state index in [1.807, 2.05) is 17.0 Å². The summed E-state index contributed by atoms with van der Waals surface area (Å²) >= 11 is 0. The van der Waals surface area contributed by atoms with Crippen molar-refractivity contribution in [3.63, 3.8) is 0 Å². The normalized spacial score (nSPS) is 16.2.